The van der Waals surface area contributed by atoms with Crippen LogP contribution in [0.15, 0.2) is 5.16 Å². The maximum Gasteiger partial charge on any atom is 0.358 e. The molecule has 0 aliphatic heterocycles. The van der Waals surface area contributed by atoms with Crippen molar-refractivity contribution in [3.8, 4) is 0 Å². The minimum absolute atomic E-state index is 0.0658. The van der Waals surface area contributed by atoms with Gasteiger partial charge in [0.1, 0.15) is 0 Å². The van der Waals surface area contributed by atoms with E-state index >= 15 is 0 Å². The summed E-state index contributed by atoms with van der Waals surface area (Å²) in [5.41, 5.74) is -0.0658. The van der Waals surface area contributed by atoms with E-state index in [2.05, 4.69) is 4.98 Å². The van der Waals surface area contributed by atoms with Crippen LogP contribution in [0.1, 0.15) is 17.4 Å². The SMILES string of the molecule is CCOC(=O)c1c(Cl)nc(S(C)(=O)=O)n1C. The molecule has 0 fully saturated rings. The molecule has 0 saturated carbocycles. The fourth-order valence-corrected chi connectivity index (χ4v) is 2.38. The molecular weight excluding hydrogens is 256 g/mol. The number of imidazole rings is 1. The number of nitrogens with zero attached hydrogens (tertiary/aromatic N) is 2. The summed E-state index contributed by atoms with van der Waals surface area (Å²) >= 11 is 5.69. The van der Waals surface area contributed by atoms with Gasteiger partial charge in [0.05, 0.1) is 6.61 Å². The molecule has 90 valence electrons. The highest BCUT2D eigenvalue weighted by molar-refractivity contribution is 7.90. The van der Waals surface area contributed by atoms with Crippen molar-refractivity contribution >= 4 is 27.4 Å². The van der Waals surface area contributed by atoms with E-state index in [1.165, 1.54) is 7.05 Å². The first-order valence-corrected chi connectivity index (χ1v) is 6.65. The predicted molar refractivity (Wildman–Crippen MR) is 57.3 cm³/mol. The number of rotatable bonds is 3. The second-order valence-electron chi connectivity index (χ2n) is 3.09. The Balaban J connectivity index is 3.34. The van der Waals surface area contributed by atoms with Crippen LogP contribution in [0.4, 0.5) is 0 Å². The highest BCUT2D eigenvalue weighted by Gasteiger charge is 2.25. The summed E-state index contributed by atoms with van der Waals surface area (Å²) in [5.74, 6) is -0.697. The predicted octanol–water partition coefficient (Wildman–Crippen LogP) is 0.654. The molecule has 0 atom stereocenters. The fraction of sp³-hybridized carbons (Fsp3) is 0.500. The molecule has 0 N–H and O–H groups in total. The smallest absolute Gasteiger partial charge is 0.358 e. The Hall–Kier alpha value is -1.08. The Bertz CT molecular complexity index is 520. The zero-order chi connectivity index (χ0) is 12.5. The molecule has 0 unspecified atom stereocenters. The van der Waals surface area contributed by atoms with E-state index in [0.717, 1.165) is 10.8 Å². The van der Waals surface area contributed by atoms with Crippen LogP contribution in [0, 0.1) is 0 Å². The van der Waals surface area contributed by atoms with E-state index in [1.54, 1.807) is 6.92 Å². The lowest BCUT2D eigenvalue weighted by Gasteiger charge is -2.03. The maximum absolute atomic E-state index is 11.5. The normalized spacial score (nSPS) is 11.5. The van der Waals surface area contributed by atoms with E-state index in [1.807, 2.05) is 0 Å². The Morgan fingerprint density at radius 2 is 2.12 bits per heavy atom. The number of halogens is 1. The highest BCUT2D eigenvalue weighted by Crippen LogP contribution is 2.20. The van der Waals surface area contributed by atoms with Gasteiger partial charge in [-0.1, -0.05) is 11.6 Å². The van der Waals surface area contributed by atoms with Gasteiger partial charge in [-0.05, 0) is 6.92 Å². The van der Waals surface area contributed by atoms with Gasteiger partial charge in [0, 0.05) is 13.3 Å². The molecule has 0 amide bonds. The molecule has 0 aromatic carbocycles. The Kier molecular flexibility index (Phi) is 3.59. The van der Waals surface area contributed by atoms with Crippen LogP contribution in [0.25, 0.3) is 0 Å². The summed E-state index contributed by atoms with van der Waals surface area (Å²) in [5, 5.41) is -0.443. The number of carbonyl (C=O) groups excluding carboxylic acids is 1. The van der Waals surface area contributed by atoms with E-state index in [0.29, 0.717) is 0 Å². The largest absolute Gasteiger partial charge is 0.461 e. The first kappa shape index (κ1) is 13.0. The van der Waals surface area contributed by atoms with E-state index in [4.69, 9.17) is 16.3 Å². The molecule has 0 bridgehead atoms. The van der Waals surface area contributed by atoms with Crippen molar-refractivity contribution in [3.05, 3.63) is 10.8 Å². The second kappa shape index (κ2) is 4.42. The van der Waals surface area contributed by atoms with Gasteiger partial charge in [0.2, 0.25) is 15.0 Å². The topological polar surface area (TPSA) is 78.3 Å². The second-order valence-corrected chi connectivity index (χ2v) is 5.35. The first-order valence-electron chi connectivity index (χ1n) is 4.38. The van der Waals surface area contributed by atoms with Crippen LogP contribution in [-0.4, -0.2) is 36.8 Å². The lowest BCUT2D eigenvalue weighted by Crippen LogP contribution is -2.13. The van der Waals surface area contributed by atoms with Crippen LogP contribution in [0.3, 0.4) is 0 Å². The van der Waals surface area contributed by atoms with E-state index in [-0.39, 0.29) is 22.6 Å². The zero-order valence-electron chi connectivity index (χ0n) is 9.02. The molecule has 0 saturated heterocycles. The average Bonchev–Trinajstić information content (AvgIpc) is 2.41. The van der Waals surface area contributed by atoms with Crippen molar-refractivity contribution in [3.63, 3.8) is 0 Å². The number of ether oxygens (including phenoxy) is 1. The summed E-state index contributed by atoms with van der Waals surface area (Å²) in [6.07, 6.45) is 0.987. The number of hydrogen-bond acceptors (Lipinski definition) is 5. The third kappa shape index (κ3) is 2.35. The van der Waals surface area contributed by atoms with Crippen LogP contribution in [0.5, 0.6) is 0 Å². The van der Waals surface area contributed by atoms with Gasteiger partial charge in [0.15, 0.2) is 10.8 Å². The summed E-state index contributed by atoms with van der Waals surface area (Å²) < 4.78 is 28.5. The van der Waals surface area contributed by atoms with Crippen LogP contribution >= 0.6 is 11.6 Å². The van der Waals surface area contributed by atoms with Crippen molar-refractivity contribution in [1.82, 2.24) is 9.55 Å². The molecular formula is C8H11ClN2O4S. The molecule has 8 heteroatoms. The number of carbonyl (C=O) groups is 1. The zero-order valence-corrected chi connectivity index (χ0v) is 10.6. The molecule has 0 aliphatic rings. The minimum Gasteiger partial charge on any atom is -0.461 e. The van der Waals surface area contributed by atoms with Crippen molar-refractivity contribution < 1.29 is 17.9 Å². The fourth-order valence-electron chi connectivity index (χ4n) is 1.20. The standard InChI is InChI=1S/C8H11ClN2O4S/c1-4-15-7(12)5-6(9)10-8(11(5)2)16(3,13)14/h4H2,1-3H3. The maximum atomic E-state index is 11.5. The van der Waals surface area contributed by atoms with Gasteiger partial charge in [-0.15, -0.1) is 0 Å². The highest BCUT2D eigenvalue weighted by atomic mass is 35.5. The molecule has 1 rings (SSSR count). The number of sulfone groups is 1. The Morgan fingerprint density at radius 3 is 2.50 bits per heavy atom. The monoisotopic (exact) mass is 266 g/mol. The molecule has 0 spiro atoms. The summed E-state index contributed by atoms with van der Waals surface area (Å²) in [6.45, 7) is 1.81. The van der Waals surface area contributed by atoms with Gasteiger partial charge in [-0.2, -0.15) is 0 Å². The van der Waals surface area contributed by atoms with Gasteiger partial charge in [-0.25, -0.2) is 18.2 Å². The number of hydrogen-bond donors (Lipinski definition) is 0. The van der Waals surface area contributed by atoms with Crippen molar-refractivity contribution in [2.75, 3.05) is 12.9 Å². The lowest BCUT2D eigenvalue weighted by atomic mass is 10.5. The van der Waals surface area contributed by atoms with Crippen LogP contribution < -0.4 is 0 Å². The third-order valence-electron chi connectivity index (χ3n) is 1.81. The third-order valence-corrected chi connectivity index (χ3v) is 3.10. The quantitative estimate of drug-likeness (QED) is 0.751. The van der Waals surface area contributed by atoms with Crippen molar-refractivity contribution in [2.45, 2.75) is 12.1 Å². The van der Waals surface area contributed by atoms with Crippen LogP contribution in [-0.2, 0) is 21.6 Å². The minimum atomic E-state index is -3.52. The summed E-state index contributed by atoms with van der Waals surface area (Å²) in [6, 6.07) is 0. The summed E-state index contributed by atoms with van der Waals surface area (Å²) in [7, 11) is -2.13. The molecule has 0 radical (unpaired) electrons. The lowest BCUT2D eigenvalue weighted by molar-refractivity contribution is 0.0514. The Morgan fingerprint density at radius 1 is 1.56 bits per heavy atom. The first-order chi connectivity index (χ1) is 7.29. The molecule has 0 aliphatic carbocycles. The molecule has 6 nitrogen and oxygen atoms in total. The van der Waals surface area contributed by atoms with Gasteiger partial charge < -0.3 is 9.30 Å². The van der Waals surface area contributed by atoms with Gasteiger partial charge >= 0.3 is 5.97 Å². The average molecular weight is 267 g/mol. The van der Waals surface area contributed by atoms with Crippen LogP contribution in [0.2, 0.25) is 5.15 Å². The molecule has 1 aromatic heterocycles. The van der Waals surface area contributed by atoms with Crippen molar-refractivity contribution in [1.29, 1.82) is 0 Å². The van der Waals surface area contributed by atoms with E-state index < -0.39 is 15.8 Å². The number of aromatic nitrogens is 2. The molecule has 16 heavy (non-hydrogen) atoms. The summed E-state index contributed by atoms with van der Waals surface area (Å²) in [4.78, 5) is 15.1. The van der Waals surface area contributed by atoms with E-state index in [9.17, 15) is 13.2 Å². The Labute approximate surface area is 98.1 Å². The number of esters is 1. The molecule has 1 aromatic rings. The molecule has 1 heterocycles. The van der Waals surface area contributed by atoms with Gasteiger partial charge in [-0.3, -0.25) is 0 Å². The van der Waals surface area contributed by atoms with Gasteiger partial charge in [0.25, 0.3) is 0 Å². The van der Waals surface area contributed by atoms with Crippen molar-refractivity contribution in [2.24, 2.45) is 7.05 Å².